The van der Waals surface area contributed by atoms with Crippen LogP contribution in [0.25, 0.3) is 10.8 Å². The minimum atomic E-state index is -0.136. The van der Waals surface area contributed by atoms with Gasteiger partial charge in [-0.3, -0.25) is 4.79 Å². The lowest BCUT2D eigenvalue weighted by Gasteiger charge is -2.16. The monoisotopic (exact) mass is 384 g/mol. The molecule has 0 saturated carbocycles. The number of hydrogen-bond acceptors (Lipinski definition) is 3. The third-order valence-electron chi connectivity index (χ3n) is 4.70. The van der Waals surface area contributed by atoms with Crippen molar-refractivity contribution in [2.24, 2.45) is 0 Å². The van der Waals surface area contributed by atoms with Crippen molar-refractivity contribution in [3.8, 4) is 5.75 Å². The Morgan fingerprint density at radius 1 is 0.889 bits per heavy atom. The summed E-state index contributed by atoms with van der Waals surface area (Å²) >= 11 is 0. The molecular weight excluding hydrogens is 360 g/mol. The largest absolute Gasteiger partial charge is 0.496 e. The third kappa shape index (κ3) is 5.31. The predicted octanol–water partition coefficient (Wildman–Crippen LogP) is 5.03. The molecule has 3 aromatic carbocycles. The second-order valence-electron chi connectivity index (χ2n) is 6.43. The Labute approximate surface area is 166 Å². The first-order chi connectivity index (χ1) is 12.7. The van der Waals surface area contributed by atoms with Crippen LogP contribution >= 0.6 is 12.4 Å². The van der Waals surface area contributed by atoms with E-state index in [2.05, 4.69) is 30.3 Å². The Morgan fingerprint density at radius 2 is 1.56 bits per heavy atom. The van der Waals surface area contributed by atoms with Gasteiger partial charge in [-0.25, -0.2) is 0 Å². The van der Waals surface area contributed by atoms with Gasteiger partial charge in [0.2, 0.25) is 0 Å². The highest BCUT2D eigenvalue weighted by molar-refractivity contribution is 5.86. The normalized spacial score (nSPS) is 11.6. The van der Waals surface area contributed by atoms with Gasteiger partial charge < -0.3 is 9.47 Å². The fourth-order valence-electron chi connectivity index (χ4n) is 3.34. The summed E-state index contributed by atoms with van der Waals surface area (Å²) < 4.78 is 11.0. The average Bonchev–Trinajstić information content (AvgIpc) is 2.68. The Morgan fingerprint density at radius 3 is 2.33 bits per heavy atom. The molecule has 0 radical (unpaired) electrons. The molecule has 0 aromatic heterocycles. The highest BCUT2D eigenvalue weighted by Crippen LogP contribution is 2.22. The van der Waals surface area contributed by atoms with Crippen molar-refractivity contribution in [2.75, 3.05) is 14.2 Å². The lowest BCUT2D eigenvalue weighted by molar-refractivity contribution is -0.120. The van der Waals surface area contributed by atoms with E-state index in [0.29, 0.717) is 12.8 Å². The number of Topliss-reactive ketones (excluding diaryl/α,β-unsaturated/α-hetero) is 1. The summed E-state index contributed by atoms with van der Waals surface area (Å²) in [6, 6.07) is 22.2. The van der Waals surface area contributed by atoms with E-state index in [1.807, 2.05) is 36.4 Å². The third-order valence-corrected chi connectivity index (χ3v) is 4.70. The summed E-state index contributed by atoms with van der Waals surface area (Å²) in [7, 11) is 3.30. The number of rotatable bonds is 8. The zero-order valence-electron chi connectivity index (χ0n) is 15.7. The summed E-state index contributed by atoms with van der Waals surface area (Å²) in [6.45, 7) is 0. The Kier molecular flexibility index (Phi) is 7.83. The van der Waals surface area contributed by atoms with E-state index < -0.39 is 0 Å². The Balaban J connectivity index is 0.00000261. The van der Waals surface area contributed by atoms with Crippen molar-refractivity contribution in [3.63, 3.8) is 0 Å². The fraction of sp³-hybridized carbons (Fsp3) is 0.261. The summed E-state index contributed by atoms with van der Waals surface area (Å²) in [6.07, 6.45) is 1.33. The lowest BCUT2D eigenvalue weighted by atomic mass is 9.96. The van der Waals surface area contributed by atoms with Gasteiger partial charge in [-0.05, 0) is 28.8 Å². The maximum atomic E-state index is 12.6. The van der Waals surface area contributed by atoms with E-state index in [-0.39, 0.29) is 24.3 Å². The molecule has 0 heterocycles. The summed E-state index contributed by atoms with van der Waals surface area (Å²) in [5, 5.41) is 2.43. The van der Waals surface area contributed by atoms with Crippen LogP contribution in [0.3, 0.4) is 0 Å². The molecule has 0 fully saturated rings. The SMILES string of the molecule is COc1ccccc1CC(=O)CC(Cc1cccc2ccccc12)OC.Cl. The number of benzene rings is 3. The Bertz CT molecular complexity index is 886. The van der Waals surface area contributed by atoms with Crippen LogP contribution in [0.2, 0.25) is 0 Å². The van der Waals surface area contributed by atoms with Crippen molar-refractivity contribution < 1.29 is 14.3 Å². The van der Waals surface area contributed by atoms with Gasteiger partial charge in [0.15, 0.2) is 0 Å². The van der Waals surface area contributed by atoms with Gasteiger partial charge in [-0.1, -0.05) is 60.7 Å². The molecule has 0 aliphatic heterocycles. The molecule has 0 N–H and O–H groups in total. The molecule has 3 nitrogen and oxygen atoms in total. The van der Waals surface area contributed by atoms with Crippen molar-refractivity contribution in [3.05, 3.63) is 77.9 Å². The number of carbonyl (C=O) groups is 1. The summed E-state index contributed by atoms with van der Waals surface area (Å²) in [5.41, 5.74) is 2.13. The number of hydrogen-bond donors (Lipinski definition) is 0. The molecule has 0 amide bonds. The van der Waals surface area contributed by atoms with Gasteiger partial charge in [0, 0.05) is 25.5 Å². The minimum Gasteiger partial charge on any atom is -0.496 e. The fourth-order valence-corrected chi connectivity index (χ4v) is 3.34. The van der Waals surface area contributed by atoms with Gasteiger partial charge >= 0.3 is 0 Å². The highest BCUT2D eigenvalue weighted by Gasteiger charge is 2.17. The number of ether oxygens (including phenoxy) is 2. The van der Waals surface area contributed by atoms with Crippen LogP contribution in [0.4, 0.5) is 0 Å². The summed E-state index contributed by atoms with van der Waals surface area (Å²) in [5.74, 6) is 0.908. The smallest absolute Gasteiger partial charge is 0.140 e. The van der Waals surface area contributed by atoms with Gasteiger partial charge in [0.25, 0.3) is 0 Å². The molecule has 3 rings (SSSR count). The standard InChI is InChI=1S/C23H24O3.ClH/c1-25-21(15-18-11-7-10-17-8-3-5-12-22(17)18)16-20(24)14-19-9-4-6-13-23(19)26-2;/h3-13,21H,14-16H2,1-2H3;1H. The highest BCUT2D eigenvalue weighted by atomic mass is 35.5. The molecule has 1 atom stereocenters. The minimum absolute atomic E-state index is 0. The van der Waals surface area contributed by atoms with Crippen LogP contribution in [0, 0.1) is 0 Å². The van der Waals surface area contributed by atoms with E-state index in [1.54, 1.807) is 14.2 Å². The number of fused-ring (bicyclic) bond motifs is 1. The zero-order chi connectivity index (χ0) is 18.4. The summed E-state index contributed by atoms with van der Waals surface area (Å²) in [4.78, 5) is 12.6. The van der Waals surface area contributed by atoms with Crippen molar-refractivity contribution in [2.45, 2.75) is 25.4 Å². The maximum Gasteiger partial charge on any atom is 0.140 e. The zero-order valence-corrected chi connectivity index (χ0v) is 16.5. The molecule has 3 aromatic rings. The molecule has 0 aliphatic rings. The van der Waals surface area contributed by atoms with E-state index in [4.69, 9.17) is 9.47 Å². The van der Waals surface area contributed by atoms with Crippen LogP contribution in [0.1, 0.15) is 17.5 Å². The molecule has 0 spiro atoms. The van der Waals surface area contributed by atoms with Crippen molar-refractivity contribution in [1.29, 1.82) is 0 Å². The van der Waals surface area contributed by atoms with Crippen LogP contribution in [0.5, 0.6) is 5.75 Å². The molecule has 1 unspecified atom stereocenters. The number of halogens is 1. The first kappa shape index (κ1) is 20.9. The van der Waals surface area contributed by atoms with Crippen LogP contribution in [-0.4, -0.2) is 26.1 Å². The maximum absolute atomic E-state index is 12.6. The van der Waals surface area contributed by atoms with E-state index >= 15 is 0 Å². The second-order valence-corrected chi connectivity index (χ2v) is 6.43. The first-order valence-electron chi connectivity index (χ1n) is 8.84. The number of ketones is 1. The average molecular weight is 385 g/mol. The number of carbonyl (C=O) groups excluding carboxylic acids is 1. The first-order valence-corrected chi connectivity index (χ1v) is 8.84. The predicted molar refractivity (Wildman–Crippen MR) is 112 cm³/mol. The van der Waals surface area contributed by atoms with Crippen molar-refractivity contribution >= 4 is 29.0 Å². The van der Waals surface area contributed by atoms with Gasteiger partial charge in [0.1, 0.15) is 11.5 Å². The molecule has 142 valence electrons. The topological polar surface area (TPSA) is 35.5 Å². The quantitative estimate of drug-likeness (QED) is 0.546. The van der Waals surface area contributed by atoms with Crippen LogP contribution in [-0.2, 0) is 22.4 Å². The molecule has 0 aliphatic carbocycles. The molecule has 27 heavy (non-hydrogen) atoms. The lowest BCUT2D eigenvalue weighted by Crippen LogP contribution is -2.20. The Hall–Kier alpha value is -2.36. The molecular formula is C23H25ClO3. The van der Waals surface area contributed by atoms with E-state index in [1.165, 1.54) is 16.3 Å². The van der Waals surface area contributed by atoms with Gasteiger partial charge in [0.05, 0.1) is 13.2 Å². The van der Waals surface area contributed by atoms with Crippen molar-refractivity contribution in [1.82, 2.24) is 0 Å². The van der Waals surface area contributed by atoms with E-state index in [9.17, 15) is 4.79 Å². The van der Waals surface area contributed by atoms with Gasteiger partial charge in [-0.15, -0.1) is 12.4 Å². The van der Waals surface area contributed by atoms with Crippen LogP contribution < -0.4 is 4.74 Å². The van der Waals surface area contributed by atoms with Gasteiger partial charge in [-0.2, -0.15) is 0 Å². The number of methoxy groups -OCH3 is 2. The molecule has 0 saturated heterocycles. The number of para-hydroxylation sites is 1. The molecule has 0 bridgehead atoms. The molecule has 4 heteroatoms. The van der Waals surface area contributed by atoms with Crippen LogP contribution in [0.15, 0.2) is 66.7 Å². The van der Waals surface area contributed by atoms with E-state index in [0.717, 1.165) is 17.7 Å². The second kappa shape index (κ2) is 10.1.